The zero-order valence-electron chi connectivity index (χ0n) is 11.0. The van der Waals surface area contributed by atoms with E-state index < -0.39 is 5.60 Å². The van der Waals surface area contributed by atoms with Crippen molar-refractivity contribution < 1.29 is 5.11 Å². The van der Waals surface area contributed by atoms with Crippen LogP contribution in [-0.2, 0) is 18.6 Å². The summed E-state index contributed by atoms with van der Waals surface area (Å²) >= 11 is 0. The normalized spacial score (nSPS) is 14.4. The molecule has 3 heteroatoms. The smallest absolute Gasteiger partial charge is 0.141 e. The van der Waals surface area contributed by atoms with Gasteiger partial charge in [0.05, 0.1) is 0 Å². The van der Waals surface area contributed by atoms with E-state index in [0.29, 0.717) is 12.8 Å². The number of hydrogen-bond acceptors (Lipinski definition) is 2. The van der Waals surface area contributed by atoms with Crippen LogP contribution in [0.5, 0.6) is 0 Å². The van der Waals surface area contributed by atoms with Gasteiger partial charge in [0.2, 0.25) is 0 Å². The van der Waals surface area contributed by atoms with E-state index in [0.717, 1.165) is 17.9 Å². The highest BCUT2D eigenvalue weighted by molar-refractivity contribution is 5.19. The zero-order valence-corrected chi connectivity index (χ0v) is 11.0. The molecular weight excluding hydrogens is 224 g/mol. The van der Waals surface area contributed by atoms with E-state index in [2.05, 4.69) is 11.9 Å². The molecule has 0 aliphatic heterocycles. The lowest BCUT2D eigenvalue weighted by Crippen LogP contribution is -2.31. The Morgan fingerprint density at radius 2 is 1.94 bits per heavy atom. The molecule has 18 heavy (non-hydrogen) atoms. The third-order valence-corrected chi connectivity index (χ3v) is 3.40. The molecule has 0 bridgehead atoms. The summed E-state index contributed by atoms with van der Waals surface area (Å²) in [4.78, 5) is 4.34. The summed E-state index contributed by atoms with van der Waals surface area (Å²) in [6.07, 6.45) is 4.92. The van der Waals surface area contributed by atoms with E-state index >= 15 is 0 Å². The van der Waals surface area contributed by atoms with E-state index in [1.165, 1.54) is 0 Å². The minimum absolute atomic E-state index is 0.599. The molecule has 0 aliphatic carbocycles. The van der Waals surface area contributed by atoms with E-state index in [1.807, 2.05) is 48.0 Å². The number of aromatic nitrogens is 2. The second-order valence-electron chi connectivity index (χ2n) is 4.58. The van der Waals surface area contributed by atoms with Gasteiger partial charge in [-0.15, -0.1) is 0 Å². The van der Waals surface area contributed by atoms with Gasteiger partial charge in [0.1, 0.15) is 11.4 Å². The first kappa shape index (κ1) is 12.8. The molecule has 0 spiro atoms. The predicted molar refractivity (Wildman–Crippen MR) is 72.2 cm³/mol. The first-order valence-electron chi connectivity index (χ1n) is 6.47. The standard InChI is InChI=1S/C15H20N2O/c1-3-15(18,12-13-8-6-5-7-9-13)14-16-10-11-17(14)4-2/h5-11,18H,3-4,12H2,1-2H3. The SMILES string of the molecule is CCn1ccnc1C(O)(CC)Cc1ccccc1. The predicted octanol–water partition coefficient (Wildman–Crippen LogP) is 2.74. The molecule has 0 saturated carbocycles. The van der Waals surface area contributed by atoms with E-state index in [1.54, 1.807) is 6.20 Å². The maximum absolute atomic E-state index is 10.9. The molecule has 3 nitrogen and oxygen atoms in total. The lowest BCUT2D eigenvalue weighted by atomic mass is 9.91. The zero-order chi connectivity index (χ0) is 13.0. The summed E-state index contributed by atoms with van der Waals surface area (Å²) < 4.78 is 2.01. The van der Waals surface area contributed by atoms with Crippen molar-refractivity contribution in [2.24, 2.45) is 0 Å². The third kappa shape index (κ3) is 2.46. The van der Waals surface area contributed by atoms with Gasteiger partial charge in [-0.3, -0.25) is 0 Å². The number of rotatable bonds is 5. The Kier molecular flexibility index (Phi) is 3.82. The van der Waals surface area contributed by atoms with Crippen LogP contribution in [0, 0.1) is 0 Å². The lowest BCUT2D eigenvalue weighted by Gasteiger charge is -2.27. The van der Waals surface area contributed by atoms with Crippen molar-refractivity contribution in [1.29, 1.82) is 0 Å². The van der Waals surface area contributed by atoms with Gasteiger partial charge in [-0.25, -0.2) is 4.98 Å². The summed E-state index contributed by atoms with van der Waals surface area (Å²) in [5, 5.41) is 10.9. The van der Waals surface area contributed by atoms with Crippen LogP contribution in [-0.4, -0.2) is 14.7 Å². The number of aliphatic hydroxyl groups is 1. The Morgan fingerprint density at radius 3 is 2.56 bits per heavy atom. The van der Waals surface area contributed by atoms with Gasteiger partial charge in [0.25, 0.3) is 0 Å². The van der Waals surface area contributed by atoms with Crippen LogP contribution in [0.15, 0.2) is 42.7 Å². The number of aryl methyl sites for hydroxylation is 1. The molecule has 1 aromatic heterocycles. The molecule has 1 heterocycles. The molecule has 1 aromatic carbocycles. The number of imidazole rings is 1. The van der Waals surface area contributed by atoms with Crippen LogP contribution in [0.3, 0.4) is 0 Å². The van der Waals surface area contributed by atoms with Crippen molar-refractivity contribution in [2.75, 3.05) is 0 Å². The van der Waals surface area contributed by atoms with E-state index in [-0.39, 0.29) is 0 Å². The van der Waals surface area contributed by atoms with Gasteiger partial charge < -0.3 is 9.67 Å². The molecule has 0 amide bonds. The molecule has 0 aliphatic rings. The fraction of sp³-hybridized carbons (Fsp3) is 0.400. The summed E-state index contributed by atoms with van der Waals surface area (Å²) in [6, 6.07) is 10.1. The third-order valence-electron chi connectivity index (χ3n) is 3.40. The highest BCUT2D eigenvalue weighted by Gasteiger charge is 2.31. The van der Waals surface area contributed by atoms with Gasteiger partial charge in [0, 0.05) is 25.4 Å². The number of hydrogen-bond donors (Lipinski definition) is 1. The molecule has 1 N–H and O–H groups in total. The molecule has 0 fully saturated rings. The highest BCUT2D eigenvalue weighted by atomic mass is 16.3. The van der Waals surface area contributed by atoms with Crippen molar-refractivity contribution in [2.45, 2.75) is 38.8 Å². The summed E-state index contributed by atoms with van der Waals surface area (Å²) in [6.45, 7) is 4.88. The van der Waals surface area contributed by atoms with E-state index in [4.69, 9.17) is 0 Å². The molecule has 2 aromatic rings. The van der Waals surface area contributed by atoms with Gasteiger partial charge >= 0.3 is 0 Å². The van der Waals surface area contributed by atoms with Crippen molar-refractivity contribution in [1.82, 2.24) is 9.55 Å². The van der Waals surface area contributed by atoms with Gasteiger partial charge in [-0.05, 0) is 18.9 Å². The molecule has 0 radical (unpaired) electrons. The maximum Gasteiger partial charge on any atom is 0.141 e. The summed E-state index contributed by atoms with van der Waals surface area (Å²) in [5.74, 6) is 0.761. The van der Waals surface area contributed by atoms with Crippen molar-refractivity contribution in [3.05, 3.63) is 54.1 Å². The largest absolute Gasteiger partial charge is 0.382 e. The molecular formula is C15H20N2O. The van der Waals surface area contributed by atoms with Crippen LogP contribution in [0.2, 0.25) is 0 Å². The van der Waals surface area contributed by atoms with Crippen molar-refractivity contribution >= 4 is 0 Å². The Labute approximate surface area is 108 Å². The van der Waals surface area contributed by atoms with Crippen LogP contribution in [0.1, 0.15) is 31.7 Å². The molecule has 1 unspecified atom stereocenters. The van der Waals surface area contributed by atoms with Crippen molar-refractivity contribution in [3.8, 4) is 0 Å². The quantitative estimate of drug-likeness (QED) is 0.878. The fourth-order valence-corrected chi connectivity index (χ4v) is 2.27. The van der Waals surface area contributed by atoms with Gasteiger partial charge in [-0.1, -0.05) is 37.3 Å². The minimum Gasteiger partial charge on any atom is -0.382 e. The van der Waals surface area contributed by atoms with Crippen LogP contribution in [0.25, 0.3) is 0 Å². The second-order valence-corrected chi connectivity index (χ2v) is 4.58. The fourth-order valence-electron chi connectivity index (χ4n) is 2.27. The molecule has 0 saturated heterocycles. The van der Waals surface area contributed by atoms with Gasteiger partial charge in [0.15, 0.2) is 0 Å². The van der Waals surface area contributed by atoms with E-state index in [9.17, 15) is 5.11 Å². The average Bonchev–Trinajstić information content (AvgIpc) is 2.88. The van der Waals surface area contributed by atoms with Crippen LogP contribution in [0.4, 0.5) is 0 Å². The first-order chi connectivity index (χ1) is 8.69. The monoisotopic (exact) mass is 244 g/mol. The summed E-state index contributed by atoms with van der Waals surface area (Å²) in [5.41, 5.74) is 0.244. The van der Waals surface area contributed by atoms with Gasteiger partial charge in [-0.2, -0.15) is 0 Å². The number of nitrogens with zero attached hydrogens (tertiary/aromatic N) is 2. The molecule has 96 valence electrons. The topological polar surface area (TPSA) is 38.0 Å². The Bertz CT molecular complexity index is 492. The lowest BCUT2D eigenvalue weighted by molar-refractivity contribution is 0.0202. The summed E-state index contributed by atoms with van der Waals surface area (Å²) in [7, 11) is 0. The highest BCUT2D eigenvalue weighted by Crippen LogP contribution is 2.28. The molecule has 2 rings (SSSR count). The van der Waals surface area contributed by atoms with Crippen molar-refractivity contribution in [3.63, 3.8) is 0 Å². The van der Waals surface area contributed by atoms with Crippen LogP contribution < -0.4 is 0 Å². The Hall–Kier alpha value is -1.61. The maximum atomic E-state index is 10.9. The Balaban J connectivity index is 2.31. The number of benzene rings is 1. The first-order valence-corrected chi connectivity index (χ1v) is 6.47. The molecule has 1 atom stereocenters. The Morgan fingerprint density at radius 1 is 1.22 bits per heavy atom. The van der Waals surface area contributed by atoms with Crippen LogP contribution >= 0.6 is 0 Å². The minimum atomic E-state index is -0.888. The average molecular weight is 244 g/mol. The second kappa shape index (κ2) is 5.36.